The Morgan fingerprint density at radius 3 is 1.82 bits per heavy atom. The molecule has 0 heterocycles. The van der Waals surface area contributed by atoms with Crippen molar-refractivity contribution in [2.45, 2.75) is 13.3 Å². The Kier molecular flexibility index (Phi) is 11.3. The molecule has 0 aliphatic rings. The summed E-state index contributed by atoms with van der Waals surface area (Å²) in [5, 5.41) is 0. The van der Waals surface area contributed by atoms with Gasteiger partial charge in [-0.1, -0.05) is 6.92 Å². The fourth-order valence-corrected chi connectivity index (χ4v) is 1.91. The van der Waals surface area contributed by atoms with Crippen LogP contribution in [-0.4, -0.2) is 115 Å². The molecule has 0 aliphatic carbocycles. The van der Waals surface area contributed by atoms with E-state index in [0.29, 0.717) is 6.61 Å². The lowest BCUT2D eigenvalue weighted by atomic mass is 10.4. The van der Waals surface area contributed by atoms with Crippen molar-refractivity contribution in [2.75, 3.05) is 101 Å². The van der Waals surface area contributed by atoms with Gasteiger partial charge in [0.15, 0.2) is 0 Å². The van der Waals surface area contributed by atoms with Gasteiger partial charge in [-0.3, -0.25) is 4.90 Å². The molecule has 0 unspecified atom stereocenters. The summed E-state index contributed by atoms with van der Waals surface area (Å²) in [5.41, 5.74) is 0. The summed E-state index contributed by atoms with van der Waals surface area (Å²) in [6.45, 7) is 10.9. The lowest BCUT2D eigenvalue weighted by Crippen LogP contribution is -2.48. The number of hydrogen-bond donors (Lipinski definition) is 0. The fraction of sp³-hybridized carbons (Fsp3) is 1.00. The molecule has 134 valence electrons. The number of rotatable bonds is 14. The molecule has 5 nitrogen and oxygen atoms in total. The van der Waals surface area contributed by atoms with Crippen LogP contribution in [0.4, 0.5) is 0 Å². The van der Waals surface area contributed by atoms with Crippen LogP contribution in [0.1, 0.15) is 13.3 Å². The van der Waals surface area contributed by atoms with Crippen LogP contribution in [0.15, 0.2) is 0 Å². The van der Waals surface area contributed by atoms with Crippen LogP contribution in [0.2, 0.25) is 0 Å². The SMILES string of the molecule is CCCOCCOCC[N+](C)(C)CCN(C)CC[N+](C)(C)C. The van der Waals surface area contributed by atoms with Crippen molar-refractivity contribution in [2.24, 2.45) is 0 Å². The van der Waals surface area contributed by atoms with Crippen LogP contribution in [-0.2, 0) is 9.47 Å². The molecule has 0 spiro atoms. The average molecular weight is 320 g/mol. The minimum absolute atomic E-state index is 0.712. The lowest BCUT2D eigenvalue weighted by Gasteiger charge is -2.32. The van der Waals surface area contributed by atoms with Crippen molar-refractivity contribution in [3.05, 3.63) is 0 Å². The zero-order valence-electron chi connectivity index (χ0n) is 16.2. The molecule has 0 fully saturated rings. The van der Waals surface area contributed by atoms with E-state index in [4.69, 9.17) is 9.47 Å². The van der Waals surface area contributed by atoms with E-state index in [1.165, 1.54) is 6.54 Å². The largest absolute Gasteiger partial charge is 0.379 e. The molecule has 0 aromatic heterocycles. The smallest absolute Gasteiger partial charge is 0.102 e. The van der Waals surface area contributed by atoms with Crippen LogP contribution < -0.4 is 0 Å². The summed E-state index contributed by atoms with van der Waals surface area (Å²) in [5.74, 6) is 0. The summed E-state index contributed by atoms with van der Waals surface area (Å²) < 4.78 is 13.1. The first kappa shape index (κ1) is 21.8. The Morgan fingerprint density at radius 1 is 0.727 bits per heavy atom. The normalized spacial score (nSPS) is 13.1. The number of ether oxygens (including phenoxy) is 2. The third-order valence-electron chi connectivity index (χ3n) is 3.80. The number of nitrogens with zero attached hydrogens (tertiary/aromatic N) is 3. The third-order valence-corrected chi connectivity index (χ3v) is 3.80. The Morgan fingerprint density at radius 2 is 1.27 bits per heavy atom. The minimum atomic E-state index is 0.712. The van der Waals surface area contributed by atoms with E-state index in [2.05, 4.69) is 54.1 Å². The van der Waals surface area contributed by atoms with Gasteiger partial charge in [0, 0.05) is 19.7 Å². The van der Waals surface area contributed by atoms with Gasteiger partial charge >= 0.3 is 0 Å². The molecule has 0 aromatic rings. The molecule has 0 rings (SSSR count). The van der Waals surface area contributed by atoms with Crippen LogP contribution in [0.25, 0.3) is 0 Å². The highest BCUT2D eigenvalue weighted by Crippen LogP contribution is 1.99. The summed E-state index contributed by atoms with van der Waals surface area (Å²) in [6.07, 6.45) is 1.07. The van der Waals surface area contributed by atoms with Crippen LogP contribution in [0, 0.1) is 0 Å². The summed E-state index contributed by atoms with van der Waals surface area (Å²) in [4.78, 5) is 2.43. The van der Waals surface area contributed by atoms with E-state index < -0.39 is 0 Å². The molecule has 0 saturated heterocycles. The van der Waals surface area contributed by atoms with Gasteiger partial charge in [-0.25, -0.2) is 0 Å². The van der Waals surface area contributed by atoms with Crippen molar-refractivity contribution in [3.8, 4) is 0 Å². The predicted molar refractivity (Wildman–Crippen MR) is 94.2 cm³/mol. The van der Waals surface area contributed by atoms with Crippen LogP contribution in [0.3, 0.4) is 0 Å². The minimum Gasteiger partial charge on any atom is -0.379 e. The second-order valence-electron chi connectivity index (χ2n) is 7.92. The number of quaternary nitrogens is 2. The van der Waals surface area contributed by atoms with E-state index >= 15 is 0 Å². The second-order valence-corrected chi connectivity index (χ2v) is 7.92. The van der Waals surface area contributed by atoms with Gasteiger partial charge in [0.1, 0.15) is 6.54 Å². The molecule has 0 amide bonds. The van der Waals surface area contributed by atoms with Gasteiger partial charge in [0.2, 0.25) is 0 Å². The number of likely N-dealkylation sites (N-methyl/N-ethyl adjacent to an activating group) is 3. The van der Waals surface area contributed by atoms with Gasteiger partial charge in [-0.05, 0) is 13.5 Å². The molecule has 0 atom stereocenters. The Labute approximate surface area is 139 Å². The maximum absolute atomic E-state index is 5.66. The first-order valence-electron chi connectivity index (χ1n) is 8.63. The summed E-state index contributed by atoms with van der Waals surface area (Å²) >= 11 is 0. The fourth-order valence-electron chi connectivity index (χ4n) is 1.91. The molecule has 0 saturated carbocycles. The van der Waals surface area contributed by atoms with Crippen molar-refractivity contribution in [3.63, 3.8) is 0 Å². The molecular weight excluding hydrogens is 278 g/mol. The van der Waals surface area contributed by atoms with Gasteiger partial charge < -0.3 is 18.4 Å². The predicted octanol–water partition coefficient (Wildman–Crippen LogP) is 1.14. The van der Waals surface area contributed by atoms with E-state index in [9.17, 15) is 0 Å². The highest BCUT2D eigenvalue weighted by molar-refractivity contribution is 4.50. The second kappa shape index (κ2) is 11.4. The molecular formula is C17H41N3O2+2. The summed E-state index contributed by atoms with van der Waals surface area (Å²) in [6, 6.07) is 0. The highest BCUT2D eigenvalue weighted by atomic mass is 16.5. The Bertz CT molecular complexity index is 265. The zero-order valence-corrected chi connectivity index (χ0v) is 16.2. The van der Waals surface area contributed by atoms with E-state index in [1.54, 1.807) is 0 Å². The molecule has 22 heavy (non-hydrogen) atoms. The molecule has 0 N–H and O–H groups in total. The van der Waals surface area contributed by atoms with Gasteiger partial charge in [-0.15, -0.1) is 0 Å². The molecule has 0 aliphatic heterocycles. The molecule has 0 bridgehead atoms. The number of hydrogen-bond acceptors (Lipinski definition) is 3. The zero-order chi connectivity index (χ0) is 17.1. The van der Waals surface area contributed by atoms with Gasteiger partial charge in [0.05, 0.1) is 68.1 Å². The first-order valence-corrected chi connectivity index (χ1v) is 8.63. The molecule has 5 heteroatoms. The van der Waals surface area contributed by atoms with Crippen molar-refractivity contribution in [1.82, 2.24) is 4.90 Å². The third kappa shape index (κ3) is 14.7. The van der Waals surface area contributed by atoms with Crippen molar-refractivity contribution >= 4 is 0 Å². The first-order chi connectivity index (χ1) is 10.2. The lowest BCUT2D eigenvalue weighted by molar-refractivity contribution is -0.890. The van der Waals surface area contributed by atoms with Gasteiger partial charge in [-0.2, -0.15) is 0 Å². The average Bonchev–Trinajstić information content (AvgIpc) is 2.41. The monoisotopic (exact) mass is 319 g/mol. The van der Waals surface area contributed by atoms with Crippen molar-refractivity contribution < 1.29 is 18.4 Å². The maximum atomic E-state index is 5.66. The van der Waals surface area contributed by atoms with Crippen molar-refractivity contribution in [1.29, 1.82) is 0 Å². The molecule has 0 aromatic carbocycles. The standard InChI is InChI=1S/C17H41N3O2/c1-8-14-21-16-17-22-15-13-20(6,7)12-10-18(2)9-11-19(3,4)5/h8-17H2,1-7H3/q+2. The van der Waals surface area contributed by atoms with Crippen LogP contribution >= 0.6 is 0 Å². The topological polar surface area (TPSA) is 21.7 Å². The van der Waals surface area contributed by atoms with E-state index in [0.717, 1.165) is 61.4 Å². The van der Waals surface area contributed by atoms with Gasteiger partial charge in [0.25, 0.3) is 0 Å². The van der Waals surface area contributed by atoms with Crippen LogP contribution in [0.5, 0.6) is 0 Å². The molecule has 0 radical (unpaired) electrons. The summed E-state index contributed by atoms with van der Waals surface area (Å²) in [7, 11) is 13.5. The van der Waals surface area contributed by atoms with E-state index in [1.807, 2.05) is 0 Å². The van der Waals surface area contributed by atoms with E-state index in [-0.39, 0.29) is 0 Å². The highest BCUT2D eigenvalue weighted by Gasteiger charge is 2.16. The quantitative estimate of drug-likeness (QED) is 0.354. The Balaban J connectivity index is 3.67. The Hall–Kier alpha value is -0.200. The maximum Gasteiger partial charge on any atom is 0.102 e.